The summed E-state index contributed by atoms with van der Waals surface area (Å²) in [5.41, 5.74) is 0.683. The van der Waals surface area contributed by atoms with Gasteiger partial charge in [-0.2, -0.15) is 5.26 Å². The second-order valence-corrected chi connectivity index (χ2v) is 12.5. The van der Waals surface area contributed by atoms with Crippen LogP contribution in [-0.4, -0.2) is 49.0 Å². The van der Waals surface area contributed by atoms with Gasteiger partial charge in [0.25, 0.3) is 0 Å². The maximum absolute atomic E-state index is 14.2. The van der Waals surface area contributed by atoms with E-state index in [9.17, 15) is 14.4 Å². The first-order valence-electron chi connectivity index (χ1n) is 14.0. The maximum atomic E-state index is 14.2. The number of carbonyl (C=O) groups excluding carboxylic acids is 1. The van der Waals surface area contributed by atoms with Gasteiger partial charge in [0.2, 0.25) is 6.41 Å². The molecule has 1 amide bonds. The van der Waals surface area contributed by atoms with Crippen LogP contribution in [0.15, 0.2) is 47.2 Å². The molecule has 2 aliphatic heterocycles. The first-order chi connectivity index (χ1) is 19.4. The third-order valence-electron chi connectivity index (χ3n) is 6.22. The number of nitrogens with zero attached hydrogens (tertiary/aromatic N) is 2. The SMILES string of the molecule is Brc1cccnc1.CC.CC(C)(C)CC1NCC(c2cccc(Cl)c2F)C1C#N.CC1(C)OCC(CCNC=O)O1. The molecular formula is C31H45BrClFN4O3. The Balaban J connectivity index is 0.000000337. The molecule has 2 N–H and O–H groups in total. The fourth-order valence-corrected chi connectivity index (χ4v) is 4.96. The number of hydrogen-bond acceptors (Lipinski definition) is 6. The van der Waals surface area contributed by atoms with Crippen molar-refractivity contribution in [3.05, 3.63) is 63.6 Å². The average molecular weight is 656 g/mol. The summed E-state index contributed by atoms with van der Waals surface area (Å²) in [6, 6.07) is 11.3. The highest BCUT2D eigenvalue weighted by Crippen LogP contribution is 2.38. The molecule has 1 aromatic carbocycles. The molecule has 2 aromatic rings. The Hall–Kier alpha value is -2.09. The zero-order valence-electron chi connectivity index (χ0n) is 25.2. The lowest BCUT2D eigenvalue weighted by molar-refractivity contribution is -0.138. The topological polar surface area (TPSA) is 96.3 Å². The van der Waals surface area contributed by atoms with E-state index in [2.05, 4.69) is 58.4 Å². The van der Waals surface area contributed by atoms with Crippen molar-refractivity contribution in [3.63, 3.8) is 0 Å². The van der Waals surface area contributed by atoms with Gasteiger partial charge in [0, 0.05) is 41.9 Å². The quantitative estimate of drug-likeness (QED) is 0.251. The number of benzene rings is 1. The summed E-state index contributed by atoms with van der Waals surface area (Å²) < 4.78 is 26.0. The molecule has 41 heavy (non-hydrogen) atoms. The van der Waals surface area contributed by atoms with Gasteiger partial charge >= 0.3 is 0 Å². The molecule has 0 aliphatic carbocycles. The Morgan fingerprint density at radius 3 is 2.49 bits per heavy atom. The Kier molecular flexibility index (Phi) is 16.6. The predicted octanol–water partition coefficient (Wildman–Crippen LogP) is 7.25. The Bertz CT molecular complexity index is 1080. The normalized spacial score (nSPS) is 22.5. The van der Waals surface area contributed by atoms with Crippen molar-refractivity contribution in [2.75, 3.05) is 19.7 Å². The maximum Gasteiger partial charge on any atom is 0.207 e. The lowest BCUT2D eigenvalue weighted by Gasteiger charge is -2.26. The van der Waals surface area contributed by atoms with E-state index in [0.29, 0.717) is 31.7 Å². The number of hydrogen-bond donors (Lipinski definition) is 2. The van der Waals surface area contributed by atoms with Crippen LogP contribution in [0.4, 0.5) is 4.39 Å². The molecule has 0 spiro atoms. The molecule has 2 saturated heterocycles. The molecule has 4 unspecified atom stereocenters. The highest BCUT2D eigenvalue weighted by atomic mass is 79.9. The Morgan fingerprint density at radius 2 is 2.00 bits per heavy atom. The number of nitrogens with one attached hydrogen (secondary N) is 2. The third-order valence-corrected chi connectivity index (χ3v) is 6.98. The molecule has 3 heterocycles. The van der Waals surface area contributed by atoms with Crippen molar-refractivity contribution in [2.45, 2.75) is 85.2 Å². The van der Waals surface area contributed by atoms with Gasteiger partial charge < -0.3 is 20.1 Å². The van der Waals surface area contributed by atoms with Crippen LogP contribution in [-0.2, 0) is 14.3 Å². The molecule has 2 aliphatic rings. The number of ether oxygens (including phenoxy) is 2. The molecule has 228 valence electrons. The number of carbonyl (C=O) groups is 1. The molecular weight excluding hydrogens is 611 g/mol. The van der Waals surface area contributed by atoms with Crippen LogP contribution in [0.2, 0.25) is 5.02 Å². The van der Waals surface area contributed by atoms with Crippen molar-refractivity contribution >= 4 is 33.9 Å². The van der Waals surface area contributed by atoms with Crippen LogP contribution in [0.3, 0.4) is 0 Å². The fourth-order valence-electron chi connectivity index (χ4n) is 4.51. The number of rotatable bonds is 6. The molecule has 10 heteroatoms. The molecule has 2 fully saturated rings. The van der Waals surface area contributed by atoms with E-state index in [1.54, 1.807) is 24.5 Å². The summed E-state index contributed by atoms with van der Waals surface area (Å²) in [7, 11) is 0. The van der Waals surface area contributed by atoms with Gasteiger partial charge in [-0.1, -0.05) is 58.4 Å². The number of amides is 1. The van der Waals surface area contributed by atoms with Crippen LogP contribution in [0.1, 0.15) is 72.8 Å². The lowest BCUT2D eigenvalue weighted by Crippen LogP contribution is -2.31. The van der Waals surface area contributed by atoms with Crippen LogP contribution < -0.4 is 10.6 Å². The van der Waals surface area contributed by atoms with Gasteiger partial charge in [-0.15, -0.1) is 0 Å². The number of halogens is 3. The minimum atomic E-state index is -0.453. The highest BCUT2D eigenvalue weighted by molar-refractivity contribution is 9.10. The largest absolute Gasteiger partial charge is 0.359 e. The van der Waals surface area contributed by atoms with Gasteiger partial charge in [-0.3, -0.25) is 9.78 Å². The Labute approximate surface area is 258 Å². The van der Waals surface area contributed by atoms with E-state index in [1.165, 1.54) is 6.07 Å². The monoisotopic (exact) mass is 654 g/mol. The van der Waals surface area contributed by atoms with E-state index < -0.39 is 11.6 Å². The summed E-state index contributed by atoms with van der Waals surface area (Å²) >= 11 is 9.10. The smallest absolute Gasteiger partial charge is 0.207 e. The Morgan fingerprint density at radius 1 is 1.29 bits per heavy atom. The third kappa shape index (κ3) is 13.6. The minimum Gasteiger partial charge on any atom is -0.359 e. The van der Waals surface area contributed by atoms with Gasteiger partial charge in [-0.05, 0) is 71.8 Å². The highest BCUT2D eigenvalue weighted by Gasteiger charge is 2.40. The van der Waals surface area contributed by atoms with Crippen molar-refractivity contribution in [1.82, 2.24) is 15.6 Å². The van der Waals surface area contributed by atoms with Crippen LogP contribution in [0, 0.1) is 28.5 Å². The summed E-state index contributed by atoms with van der Waals surface area (Å²) in [6.45, 7) is 16.1. The standard InChI is InChI=1S/C16H20ClFN2.C8H15NO3.C5H4BrN.C2H6/c1-16(2,3)7-14-11(8-19)12(9-20-14)10-5-4-6-13(17)15(10)18;1-8(2)11-5-7(12-8)3-4-9-6-10;6-5-2-1-3-7-4-5;1-2/h4-6,11-12,14,20H,7,9H2,1-3H3;6-7H,3-5H2,1-2H3,(H,9,10);1-4H;1-2H3. The first kappa shape index (κ1) is 36.9. The van der Waals surface area contributed by atoms with Gasteiger partial charge in [0.05, 0.1) is 29.7 Å². The number of aromatic nitrogens is 1. The molecule has 4 atom stereocenters. The number of nitriles is 1. The first-order valence-corrected chi connectivity index (χ1v) is 15.1. The molecule has 0 bridgehead atoms. The van der Waals surface area contributed by atoms with E-state index in [-0.39, 0.29) is 34.4 Å². The minimum absolute atomic E-state index is 0.100. The molecule has 7 nitrogen and oxygen atoms in total. The van der Waals surface area contributed by atoms with Crippen molar-refractivity contribution in [2.24, 2.45) is 11.3 Å². The lowest BCUT2D eigenvalue weighted by atomic mass is 9.79. The predicted molar refractivity (Wildman–Crippen MR) is 166 cm³/mol. The van der Waals surface area contributed by atoms with Crippen LogP contribution in [0.25, 0.3) is 0 Å². The average Bonchev–Trinajstić information content (AvgIpc) is 3.48. The van der Waals surface area contributed by atoms with E-state index >= 15 is 0 Å². The molecule has 1 aromatic heterocycles. The van der Waals surface area contributed by atoms with Crippen LogP contribution >= 0.6 is 27.5 Å². The van der Waals surface area contributed by atoms with E-state index in [1.807, 2.05) is 39.8 Å². The zero-order valence-corrected chi connectivity index (χ0v) is 27.6. The summed E-state index contributed by atoms with van der Waals surface area (Å²) in [4.78, 5) is 13.8. The van der Waals surface area contributed by atoms with E-state index in [0.717, 1.165) is 17.3 Å². The summed E-state index contributed by atoms with van der Waals surface area (Å²) in [5, 5.41) is 15.6. The molecule has 0 saturated carbocycles. The summed E-state index contributed by atoms with van der Waals surface area (Å²) in [5.74, 6) is -1.20. The van der Waals surface area contributed by atoms with Crippen molar-refractivity contribution in [1.29, 1.82) is 5.26 Å². The van der Waals surface area contributed by atoms with Gasteiger partial charge in [-0.25, -0.2) is 4.39 Å². The second kappa shape index (κ2) is 18.4. The van der Waals surface area contributed by atoms with Crippen molar-refractivity contribution in [3.8, 4) is 6.07 Å². The molecule has 4 rings (SSSR count). The van der Waals surface area contributed by atoms with Gasteiger partial charge in [0.15, 0.2) is 5.79 Å². The molecule has 0 radical (unpaired) electrons. The van der Waals surface area contributed by atoms with Gasteiger partial charge in [0.1, 0.15) is 5.82 Å². The van der Waals surface area contributed by atoms with Crippen LogP contribution in [0.5, 0.6) is 0 Å². The summed E-state index contributed by atoms with van der Waals surface area (Å²) in [6.07, 6.45) is 6.00. The second-order valence-electron chi connectivity index (χ2n) is 11.2. The van der Waals surface area contributed by atoms with Crippen molar-refractivity contribution < 1.29 is 18.7 Å². The fraction of sp³-hybridized carbons (Fsp3) is 0.581. The zero-order chi connectivity index (χ0) is 31.1. The number of pyridine rings is 1. The van der Waals surface area contributed by atoms with E-state index in [4.69, 9.17) is 21.1 Å².